The molecule has 1 fully saturated rings. The molecule has 0 saturated carbocycles. The molecule has 0 aromatic heterocycles. The molecule has 1 aromatic carbocycles. The molecule has 2 atom stereocenters. The largest absolute Gasteiger partial charge is 0.480 e. The number of aliphatic hydroxyl groups is 1. The van der Waals surface area contributed by atoms with Crippen molar-refractivity contribution in [1.82, 2.24) is 4.90 Å². The zero-order valence-electron chi connectivity index (χ0n) is 10.8. The van der Waals surface area contributed by atoms with E-state index in [1.807, 2.05) is 6.92 Å². The maximum Gasteiger partial charge on any atom is 0.326 e. The van der Waals surface area contributed by atoms with Crippen LogP contribution in [0.15, 0.2) is 18.2 Å². The lowest BCUT2D eigenvalue weighted by atomic mass is 10.2. The summed E-state index contributed by atoms with van der Waals surface area (Å²) in [5.74, 6) is -1.13. The van der Waals surface area contributed by atoms with Gasteiger partial charge in [-0.15, -0.1) is 0 Å². The summed E-state index contributed by atoms with van der Waals surface area (Å²) in [4.78, 5) is 24.2. The van der Waals surface area contributed by atoms with Gasteiger partial charge in [0, 0.05) is 23.7 Å². The monoisotopic (exact) mass is 298 g/mol. The van der Waals surface area contributed by atoms with Crippen LogP contribution >= 0.6 is 11.6 Å². The number of carboxylic acid groups (broad SMARTS) is 1. The second-order valence-corrected chi connectivity index (χ2v) is 5.20. The van der Waals surface area contributed by atoms with Gasteiger partial charge in [-0.05, 0) is 24.6 Å². The van der Waals surface area contributed by atoms with E-state index in [0.717, 1.165) is 10.5 Å². The Morgan fingerprint density at radius 3 is 2.75 bits per heavy atom. The maximum atomic E-state index is 12.1. The van der Waals surface area contributed by atoms with E-state index in [4.69, 9.17) is 16.7 Å². The number of aliphatic hydroxyl groups excluding tert-OH is 1. The molecule has 1 aliphatic heterocycles. The van der Waals surface area contributed by atoms with Crippen LogP contribution in [0.4, 0.5) is 10.5 Å². The van der Waals surface area contributed by atoms with E-state index in [0.29, 0.717) is 10.7 Å². The van der Waals surface area contributed by atoms with Crippen LogP contribution in [0.5, 0.6) is 0 Å². The molecule has 1 aliphatic rings. The van der Waals surface area contributed by atoms with E-state index >= 15 is 0 Å². The Kier molecular flexibility index (Phi) is 4.15. The number of urea groups is 1. The summed E-state index contributed by atoms with van der Waals surface area (Å²) in [6.07, 6.45) is -0.777. The molecule has 2 rings (SSSR count). The van der Waals surface area contributed by atoms with Gasteiger partial charge in [0.15, 0.2) is 0 Å². The molecule has 3 N–H and O–H groups in total. The highest BCUT2D eigenvalue weighted by molar-refractivity contribution is 6.31. The number of rotatable bonds is 2. The Bertz CT molecular complexity index is 549. The molecule has 20 heavy (non-hydrogen) atoms. The van der Waals surface area contributed by atoms with E-state index < -0.39 is 24.1 Å². The van der Waals surface area contributed by atoms with Gasteiger partial charge in [-0.3, -0.25) is 0 Å². The molecule has 2 amide bonds. The van der Waals surface area contributed by atoms with Crippen LogP contribution in [0.25, 0.3) is 0 Å². The van der Waals surface area contributed by atoms with Gasteiger partial charge >= 0.3 is 12.0 Å². The number of carboxylic acids is 1. The Morgan fingerprint density at radius 1 is 1.45 bits per heavy atom. The second kappa shape index (κ2) is 5.68. The molecule has 0 spiro atoms. The van der Waals surface area contributed by atoms with Crippen molar-refractivity contribution >= 4 is 29.3 Å². The summed E-state index contributed by atoms with van der Waals surface area (Å²) in [5.41, 5.74) is 1.36. The van der Waals surface area contributed by atoms with Gasteiger partial charge in [0.05, 0.1) is 6.10 Å². The summed E-state index contributed by atoms with van der Waals surface area (Å²) < 4.78 is 0. The first-order valence-corrected chi connectivity index (χ1v) is 6.51. The molecule has 1 heterocycles. The number of nitrogens with zero attached hydrogens (tertiary/aromatic N) is 1. The number of likely N-dealkylation sites (tertiary alicyclic amines) is 1. The number of hydrogen-bond donors (Lipinski definition) is 3. The lowest BCUT2D eigenvalue weighted by Crippen LogP contribution is -2.43. The van der Waals surface area contributed by atoms with Crippen molar-refractivity contribution in [3.8, 4) is 0 Å². The Labute approximate surface area is 121 Å². The maximum absolute atomic E-state index is 12.1. The van der Waals surface area contributed by atoms with E-state index in [9.17, 15) is 14.7 Å². The normalized spacial score (nSPS) is 21.9. The minimum atomic E-state index is -1.13. The van der Waals surface area contributed by atoms with Crippen LogP contribution in [0.3, 0.4) is 0 Å². The summed E-state index contributed by atoms with van der Waals surface area (Å²) in [7, 11) is 0. The van der Waals surface area contributed by atoms with Gasteiger partial charge in [0.25, 0.3) is 0 Å². The quantitative estimate of drug-likeness (QED) is 0.775. The molecule has 6 nitrogen and oxygen atoms in total. The van der Waals surface area contributed by atoms with Crippen molar-refractivity contribution in [1.29, 1.82) is 0 Å². The summed E-state index contributed by atoms with van der Waals surface area (Å²) in [6.45, 7) is 1.84. The number of amides is 2. The molecule has 0 radical (unpaired) electrons. The topological polar surface area (TPSA) is 89.9 Å². The van der Waals surface area contributed by atoms with Crippen LogP contribution in [-0.4, -0.2) is 45.8 Å². The molecular weight excluding hydrogens is 284 g/mol. The fourth-order valence-electron chi connectivity index (χ4n) is 2.14. The summed E-state index contributed by atoms with van der Waals surface area (Å²) in [5, 5.41) is 21.6. The van der Waals surface area contributed by atoms with Gasteiger partial charge in [-0.2, -0.15) is 0 Å². The van der Waals surface area contributed by atoms with E-state index in [1.165, 1.54) is 0 Å². The third-order valence-electron chi connectivity index (χ3n) is 3.25. The first-order chi connectivity index (χ1) is 9.38. The highest BCUT2D eigenvalue weighted by atomic mass is 35.5. The lowest BCUT2D eigenvalue weighted by molar-refractivity contribution is -0.141. The van der Waals surface area contributed by atoms with E-state index in [-0.39, 0.29) is 13.0 Å². The second-order valence-electron chi connectivity index (χ2n) is 4.79. The molecule has 1 aromatic rings. The molecule has 7 heteroatoms. The molecule has 0 bridgehead atoms. The zero-order chi connectivity index (χ0) is 14.9. The van der Waals surface area contributed by atoms with Gasteiger partial charge in [-0.25, -0.2) is 9.59 Å². The van der Waals surface area contributed by atoms with Crippen molar-refractivity contribution in [3.63, 3.8) is 0 Å². The number of aryl methyl sites for hydroxylation is 1. The molecular formula is C13H15ClN2O4. The van der Waals surface area contributed by atoms with Gasteiger partial charge in [-0.1, -0.05) is 17.7 Å². The average molecular weight is 299 g/mol. The first kappa shape index (κ1) is 14.6. The fourth-order valence-corrected chi connectivity index (χ4v) is 2.32. The van der Waals surface area contributed by atoms with Crippen molar-refractivity contribution in [2.24, 2.45) is 0 Å². The third-order valence-corrected chi connectivity index (χ3v) is 3.66. The summed E-state index contributed by atoms with van der Waals surface area (Å²) in [6, 6.07) is 3.46. The zero-order valence-corrected chi connectivity index (χ0v) is 11.6. The van der Waals surface area contributed by atoms with Crippen LogP contribution in [-0.2, 0) is 4.79 Å². The summed E-state index contributed by atoms with van der Waals surface area (Å²) >= 11 is 5.96. The van der Waals surface area contributed by atoms with Gasteiger partial charge < -0.3 is 20.4 Å². The fraction of sp³-hybridized carbons (Fsp3) is 0.385. The third kappa shape index (κ3) is 3.02. The molecule has 1 saturated heterocycles. The van der Waals surface area contributed by atoms with Crippen LogP contribution in [0, 0.1) is 6.92 Å². The first-order valence-electron chi connectivity index (χ1n) is 6.13. The number of carbonyl (C=O) groups excluding carboxylic acids is 1. The van der Waals surface area contributed by atoms with Crippen LogP contribution < -0.4 is 5.32 Å². The number of aliphatic carboxylic acids is 1. The van der Waals surface area contributed by atoms with Crippen LogP contribution in [0.1, 0.15) is 12.0 Å². The molecule has 108 valence electrons. The molecule has 0 aliphatic carbocycles. The highest BCUT2D eigenvalue weighted by Crippen LogP contribution is 2.22. The predicted octanol–water partition coefficient (Wildman–Crippen LogP) is 1.70. The van der Waals surface area contributed by atoms with Crippen molar-refractivity contribution < 1.29 is 19.8 Å². The van der Waals surface area contributed by atoms with Crippen LogP contribution in [0.2, 0.25) is 5.02 Å². The van der Waals surface area contributed by atoms with Crippen molar-refractivity contribution in [2.75, 3.05) is 11.9 Å². The Morgan fingerprint density at radius 2 is 2.15 bits per heavy atom. The van der Waals surface area contributed by atoms with Crippen molar-refractivity contribution in [2.45, 2.75) is 25.5 Å². The Hall–Kier alpha value is -1.79. The van der Waals surface area contributed by atoms with E-state index in [2.05, 4.69) is 5.32 Å². The average Bonchev–Trinajstić information content (AvgIpc) is 2.76. The Balaban J connectivity index is 2.11. The lowest BCUT2D eigenvalue weighted by Gasteiger charge is -2.21. The number of anilines is 1. The SMILES string of the molecule is Cc1ccc(NC(=O)N2C[C@H](O)C[C@@H]2C(=O)O)cc1Cl. The number of β-amino-alcohol motifs (C(OH)–C–C–N with tert-alkyl or cyclic N) is 1. The minimum Gasteiger partial charge on any atom is -0.480 e. The number of hydrogen-bond acceptors (Lipinski definition) is 3. The minimum absolute atomic E-state index is 0.00237. The van der Waals surface area contributed by atoms with Gasteiger partial charge in [0.1, 0.15) is 6.04 Å². The van der Waals surface area contributed by atoms with Crippen molar-refractivity contribution in [3.05, 3.63) is 28.8 Å². The standard InChI is InChI=1S/C13H15ClN2O4/c1-7-2-3-8(4-10(7)14)15-13(20)16-6-9(17)5-11(16)12(18)19/h2-4,9,11,17H,5-6H2,1H3,(H,15,20)(H,18,19)/t9-,11-/m1/s1. The highest BCUT2D eigenvalue weighted by Gasteiger charge is 2.38. The van der Waals surface area contributed by atoms with E-state index in [1.54, 1.807) is 18.2 Å². The van der Waals surface area contributed by atoms with Gasteiger partial charge in [0.2, 0.25) is 0 Å². The number of nitrogens with one attached hydrogen (secondary N) is 1. The number of halogens is 1. The number of carbonyl (C=O) groups is 2. The number of benzene rings is 1. The molecule has 0 unspecified atom stereocenters. The smallest absolute Gasteiger partial charge is 0.326 e. The predicted molar refractivity (Wildman–Crippen MR) is 74.0 cm³/mol.